The molecular weight excluding hydrogens is 366 g/mol. The minimum absolute atomic E-state index is 0.105. The number of aromatic amines is 1. The molecule has 0 saturated carbocycles. The van der Waals surface area contributed by atoms with Gasteiger partial charge in [-0.25, -0.2) is 5.10 Å². The van der Waals surface area contributed by atoms with Crippen molar-refractivity contribution >= 4 is 16.7 Å². The van der Waals surface area contributed by atoms with Crippen molar-refractivity contribution in [3.8, 4) is 0 Å². The van der Waals surface area contributed by atoms with Gasteiger partial charge in [0.2, 0.25) is 5.91 Å². The number of amides is 1. The molecule has 1 aliphatic heterocycles. The van der Waals surface area contributed by atoms with Gasteiger partial charge in [-0.1, -0.05) is 32.0 Å². The van der Waals surface area contributed by atoms with Crippen LogP contribution in [-0.2, 0) is 17.6 Å². The van der Waals surface area contributed by atoms with Gasteiger partial charge in [0, 0.05) is 49.9 Å². The second-order valence-electron chi connectivity index (χ2n) is 6.68. The number of pyridine rings is 1. The van der Waals surface area contributed by atoms with E-state index in [9.17, 15) is 9.59 Å². The molecule has 0 aliphatic carbocycles. The maximum Gasteiger partial charge on any atom is 0.272 e. The molecule has 0 atom stereocenters. The van der Waals surface area contributed by atoms with E-state index < -0.39 is 0 Å². The molecule has 0 radical (unpaired) electrons. The van der Waals surface area contributed by atoms with Crippen LogP contribution < -0.4 is 10.9 Å². The van der Waals surface area contributed by atoms with Gasteiger partial charge < -0.3 is 10.2 Å². The lowest BCUT2D eigenvalue weighted by atomic mass is 10.0. The third-order valence-electron chi connectivity index (χ3n) is 4.83. The van der Waals surface area contributed by atoms with Gasteiger partial charge in [-0.05, 0) is 23.8 Å². The van der Waals surface area contributed by atoms with Crippen molar-refractivity contribution in [1.29, 1.82) is 0 Å². The molecule has 7 nitrogen and oxygen atoms in total. The highest BCUT2D eigenvalue weighted by Gasteiger charge is 2.17. The first-order valence-corrected chi connectivity index (χ1v) is 10.1. The zero-order valence-electron chi connectivity index (χ0n) is 16.9. The summed E-state index contributed by atoms with van der Waals surface area (Å²) >= 11 is 0. The Labute approximate surface area is 170 Å². The summed E-state index contributed by atoms with van der Waals surface area (Å²) in [4.78, 5) is 30.6. The van der Waals surface area contributed by atoms with Gasteiger partial charge in [0.05, 0.1) is 17.5 Å². The number of benzene rings is 1. The largest absolute Gasteiger partial charge is 0.340 e. The van der Waals surface area contributed by atoms with Crippen LogP contribution >= 0.6 is 0 Å². The van der Waals surface area contributed by atoms with Crippen molar-refractivity contribution < 1.29 is 4.79 Å². The fraction of sp³-hybridized carbons (Fsp3) is 0.364. The van der Waals surface area contributed by atoms with Crippen molar-refractivity contribution in [2.45, 2.75) is 26.7 Å². The van der Waals surface area contributed by atoms with Gasteiger partial charge in [-0.3, -0.25) is 14.6 Å². The zero-order valence-corrected chi connectivity index (χ0v) is 16.9. The molecule has 3 aromatic rings. The number of hydrogen-bond donors (Lipinski definition) is 2. The van der Waals surface area contributed by atoms with Crippen LogP contribution in [0, 0.1) is 0 Å². The summed E-state index contributed by atoms with van der Waals surface area (Å²) in [7, 11) is 0. The van der Waals surface area contributed by atoms with Gasteiger partial charge >= 0.3 is 0 Å². The summed E-state index contributed by atoms with van der Waals surface area (Å²) in [5, 5.41) is 11.5. The van der Waals surface area contributed by atoms with Crippen LogP contribution in [0.4, 0.5) is 0 Å². The van der Waals surface area contributed by atoms with E-state index >= 15 is 0 Å². The van der Waals surface area contributed by atoms with E-state index in [1.54, 1.807) is 12.3 Å². The maximum absolute atomic E-state index is 12.5. The van der Waals surface area contributed by atoms with Crippen molar-refractivity contribution in [2.75, 3.05) is 26.2 Å². The predicted octanol–water partition coefficient (Wildman–Crippen LogP) is 1.91. The first-order valence-electron chi connectivity index (χ1n) is 10.1. The number of nitrogens with zero attached hydrogens (tertiary/aromatic N) is 3. The summed E-state index contributed by atoms with van der Waals surface area (Å²) in [6, 6.07) is 11.3. The number of H-pyrrole nitrogens is 1. The number of piperazine rings is 1. The molecule has 0 spiro atoms. The third-order valence-corrected chi connectivity index (χ3v) is 4.83. The highest BCUT2D eigenvalue weighted by atomic mass is 16.2. The van der Waals surface area contributed by atoms with Gasteiger partial charge in [0.15, 0.2) is 0 Å². The second kappa shape index (κ2) is 9.93. The van der Waals surface area contributed by atoms with E-state index in [1.165, 1.54) is 0 Å². The minimum atomic E-state index is -0.189. The van der Waals surface area contributed by atoms with Crippen LogP contribution in [0.15, 0.2) is 47.4 Å². The number of aromatic nitrogens is 3. The Morgan fingerprint density at radius 2 is 1.83 bits per heavy atom. The maximum atomic E-state index is 12.5. The smallest absolute Gasteiger partial charge is 0.272 e. The van der Waals surface area contributed by atoms with Crippen LogP contribution in [0.3, 0.4) is 0 Å². The number of carbonyl (C=O) groups is 1. The Morgan fingerprint density at radius 3 is 2.59 bits per heavy atom. The highest BCUT2D eigenvalue weighted by molar-refractivity contribution is 5.83. The summed E-state index contributed by atoms with van der Waals surface area (Å²) in [6.45, 7) is 7.16. The molecule has 29 heavy (non-hydrogen) atoms. The summed E-state index contributed by atoms with van der Waals surface area (Å²) in [6.07, 6.45) is 2.59. The Hall–Kier alpha value is -3.06. The van der Waals surface area contributed by atoms with Crippen LogP contribution in [-0.4, -0.2) is 52.2 Å². The van der Waals surface area contributed by atoms with E-state index in [0.717, 1.165) is 48.5 Å². The average molecular weight is 393 g/mol. The summed E-state index contributed by atoms with van der Waals surface area (Å²) in [5.74, 6) is 0.105. The van der Waals surface area contributed by atoms with E-state index in [2.05, 4.69) is 20.5 Å². The SMILES string of the molecule is CC.O=C(Cc1cc(Cc2n[nH]c(=O)c3ccccc23)ccn1)N1CCNCC1. The first kappa shape index (κ1) is 20.7. The lowest BCUT2D eigenvalue weighted by Gasteiger charge is -2.27. The number of carbonyl (C=O) groups excluding carboxylic acids is 1. The molecule has 7 heteroatoms. The molecule has 4 rings (SSSR count). The summed E-state index contributed by atoms with van der Waals surface area (Å²) < 4.78 is 0. The molecule has 1 aliphatic rings. The van der Waals surface area contributed by atoms with Gasteiger partial charge in [-0.15, -0.1) is 0 Å². The topological polar surface area (TPSA) is 91.0 Å². The first-order chi connectivity index (χ1) is 14.2. The van der Waals surface area contributed by atoms with Crippen molar-refractivity contribution in [1.82, 2.24) is 25.4 Å². The molecular formula is C22H27N5O2. The van der Waals surface area contributed by atoms with Crippen LogP contribution in [0.2, 0.25) is 0 Å². The van der Waals surface area contributed by atoms with Gasteiger partial charge in [-0.2, -0.15) is 5.10 Å². The normalized spacial score (nSPS) is 13.7. The van der Waals surface area contributed by atoms with Gasteiger partial charge in [0.1, 0.15) is 0 Å². The zero-order chi connectivity index (χ0) is 20.6. The summed E-state index contributed by atoms with van der Waals surface area (Å²) in [5.41, 5.74) is 2.38. The fourth-order valence-corrected chi connectivity index (χ4v) is 3.42. The number of rotatable bonds is 4. The average Bonchev–Trinajstić information content (AvgIpc) is 2.78. The molecule has 1 aromatic carbocycles. The molecule has 2 N–H and O–H groups in total. The second-order valence-corrected chi connectivity index (χ2v) is 6.68. The van der Waals surface area contributed by atoms with Crippen LogP contribution in [0.1, 0.15) is 30.8 Å². The molecule has 0 unspecified atom stereocenters. The lowest BCUT2D eigenvalue weighted by molar-refractivity contribution is -0.131. The van der Waals surface area contributed by atoms with E-state index in [0.29, 0.717) is 18.2 Å². The molecule has 0 bridgehead atoms. The number of hydrogen-bond acceptors (Lipinski definition) is 5. The van der Waals surface area contributed by atoms with Crippen molar-refractivity contribution in [3.05, 3.63) is 69.9 Å². The van der Waals surface area contributed by atoms with Crippen LogP contribution in [0.5, 0.6) is 0 Å². The molecule has 152 valence electrons. The minimum Gasteiger partial charge on any atom is -0.340 e. The van der Waals surface area contributed by atoms with Gasteiger partial charge in [0.25, 0.3) is 5.56 Å². The van der Waals surface area contributed by atoms with Crippen molar-refractivity contribution in [3.63, 3.8) is 0 Å². The molecule has 2 aromatic heterocycles. The van der Waals surface area contributed by atoms with E-state index in [4.69, 9.17) is 0 Å². The number of fused-ring (bicyclic) bond motifs is 1. The molecule has 1 fully saturated rings. The van der Waals surface area contributed by atoms with Crippen LogP contribution in [0.25, 0.3) is 10.8 Å². The lowest BCUT2D eigenvalue weighted by Crippen LogP contribution is -2.47. The standard InChI is InChI=1S/C20H21N5O2.C2H6/c26-19(25-9-7-21-8-10-25)13-15-11-14(5-6-22-15)12-18-16-3-1-2-4-17(16)20(27)24-23-18;1-2/h1-6,11,21H,7-10,12-13H2,(H,24,27);1-2H3. The Morgan fingerprint density at radius 1 is 1.10 bits per heavy atom. The monoisotopic (exact) mass is 393 g/mol. The number of nitrogens with one attached hydrogen (secondary N) is 2. The molecule has 1 saturated heterocycles. The Bertz CT molecular complexity index is 1020. The predicted molar refractivity (Wildman–Crippen MR) is 114 cm³/mol. The van der Waals surface area contributed by atoms with E-state index in [-0.39, 0.29) is 11.5 Å². The van der Waals surface area contributed by atoms with Crippen molar-refractivity contribution in [2.24, 2.45) is 0 Å². The Kier molecular flexibility index (Phi) is 7.08. The molecule has 1 amide bonds. The highest BCUT2D eigenvalue weighted by Crippen LogP contribution is 2.16. The third kappa shape index (κ3) is 5.06. The fourth-order valence-electron chi connectivity index (χ4n) is 3.42. The van der Waals surface area contributed by atoms with E-state index in [1.807, 2.05) is 49.1 Å². The molecule has 3 heterocycles. The Balaban J connectivity index is 0.00000117. The quantitative estimate of drug-likeness (QED) is 0.707.